The summed E-state index contributed by atoms with van der Waals surface area (Å²) in [5.41, 5.74) is 0. The van der Waals surface area contributed by atoms with Gasteiger partial charge in [-0.3, -0.25) is 0 Å². The van der Waals surface area contributed by atoms with Gasteiger partial charge >= 0.3 is 0 Å². The number of hydrogen-bond donors (Lipinski definition) is 2. The maximum atomic E-state index is 8.14. The van der Waals surface area contributed by atoms with Gasteiger partial charge in [-0.1, -0.05) is 0 Å². The Balaban J connectivity index is 3.14. The third-order valence-electron chi connectivity index (χ3n) is 0.327. The molecule has 35 valence electrons. The van der Waals surface area contributed by atoms with Gasteiger partial charge < -0.3 is 10.2 Å². The Labute approximate surface area is 36.7 Å². The fourth-order valence-electron chi connectivity index (χ4n) is 0.105. The van der Waals surface area contributed by atoms with Gasteiger partial charge in [0.2, 0.25) is 0 Å². The third kappa shape index (κ3) is 3.50. The molecule has 0 bridgehead atoms. The van der Waals surface area contributed by atoms with E-state index < -0.39 is 0 Å². The van der Waals surface area contributed by atoms with Gasteiger partial charge in [0.1, 0.15) is 0 Å². The summed E-state index contributed by atoms with van der Waals surface area (Å²) in [5, 5.41) is 16.1. The number of aliphatic hydroxyl groups is 2. The molecule has 0 aromatic carbocycles. The van der Waals surface area contributed by atoms with Crippen LogP contribution >= 0.6 is 0 Å². The number of hydrogen-bond acceptors (Lipinski definition) is 2. The van der Waals surface area contributed by atoms with Crippen LogP contribution in [-0.2, 0) is 0 Å². The standard InChI is InChI=1S/C4H7O2/c1-4(6)2-3-5/h2,5-6H,1,3H2. The molecule has 0 aliphatic heterocycles. The summed E-state index contributed by atoms with van der Waals surface area (Å²) in [6.07, 6.45) is 1.21. The van der Waals surface area contributed by atoms with E-state index in [1.807, 2.05) is 0 Å². The maximum absolute atomic E-state index is 8.14. The van der Waals surface area contributed by atoms with Crippen molar-refractivity contribution >= 4 is 0 Å². The normalized spacial score (nSPS) is 12.0. The van der Waals surface area contributed by atoms with Crippen LogP contribution < -0.4 is 0 Å². The predicted octanol–water partition coefficient (Wildman–Crippen LogP) is 0.255. The van der Waals surface area contributed by atoms with Crippen LogP contribution in [0.4, 0.5) is 0 Å². The molecule has 0 heterocycles. The van der Waals surface area contributed by atoms with Crippen molar-refractivity contribution in [3.05, 3.63) is 18.8 Å². The molecular formula is C4H7O2. The lowest BCUT2D eigenvalue weighted by Crippen LogP contribution is -1.75. The topological polar surface area (TPSA) is 40.5 Å². The number of rotatable bonds is 1. The van der Waals surface area contributed by atoms with Crippen LogP contribution in [0.25, 0.3) is 0 Å². The van der Waals surface area contributed by atoms with E-state index in [0.29, 0.717) is 0 Å². The van der Waals surface area contributed by atoms with Crippen molar-refractivity contribution in [2.45, 2.75) is 0 Å². The molecule has 0 aromatic heterocycles. The second-order valence-corrected chi connectivity index (χ2v) is 0.878. The molecule has 0 aromatic rings. The molecule has 0 unspecified atom stereocenters. The fraction of sp³-hybridized carbons (Fsp3) is 0.250. The quantitative estimate of drug-likeness (QED) is 0.450. The van der Waals surface area contributed by atoms with Crippen LogP contribution in [0.3, 0.4) is 0 Å². The second kappa shape index (κ2) is 2.72. The highest BCUT2D eigenvalue weighted by Gasteiger charge is 1.71. The van der Waals surface area contributed by atoms with E-state index >= 15 is 0 Å². The average molecular weight is 87.1 g/mol. The number of allylic oxidation sites excluding steroid dienone is 1. The molecule has 0 rings (SSSR count). The van der Waals surface area contributed by atoms with E-state index in [1.165, 1.54) is 6.08 Å². The highest BCUT2D eigenvalue weighted by molar-refractivity contribution is 4.92. The van der Waals surface area contributed by atoms with Crippen molar-refractivity contribution in [1.29, 1.82) is 0 Å². The minimum atomic E-state index is -0.144. The van der Waals surface area contributed by atoms with Crippen molar-refractivity contribution in [3.63, 3.8) is 0 Å². The van der Waals surface area contributed by atoms with Crippen molar-refractivity contribution < 1.29 is 10.2 Å². The van der Waals surface area contributed by atoms with Gasteiger partial charge in [0.15, 0.2) is 0 Å². The molecular weight excluding hydrogens is 80.0 g/mol. The Hall–Kier alpha value is -0.500. The molecule has 0 fully saturated rings. The summed E-state index contributed by atoms with van der Waals surface area (Å²) in [5.74, 6) is -0.0856. The summed E-state index contributed by atoms with van der Waals surface area (Å²) < 4.78 is 0. The van der Waals surface area contributed by atoms with Crippen LogP contribution in [0.5, 0.6) is 0 Å². The van der Waals surface area contributed by atoms with Crippen molar-refractivity contribution in [2.75, 3.05) is 6.61 Å². The zero-order chi connectivity index (χ0) is 4.99. The molecule has 0 spiro atoms. The van der Waals surface area contributed by atoms with E-state index in [4.69, 9.17) is 10.2 Å². The van der Waals surface area contributed by atoms with E-state index in [1.54, 1.807) is 0 Å². The van der Waals surface area contributed by atoms with E-state index in [9.17, 15) is 0 Å². The van der Waals surface area contributed by atoms with Crippen molar-refractivity contribution in [1.82, 2.24) is 0 Å². The molecule has 0 amide bonds. The van der Waals surface area contributed by atoms with E-state index in [0.717, 1.165) is 0 Å². The minimum absolute atomic E-state index is 0.0856. The molecule has 1 radical (unpaired) electrons. The van der Waals surface area contributed by atoms with Crippen LogP contribution in [0.2, 0.25) is 0 Å². The van der Waals surface area contributed by atoms with E-state index in [-0.39, 0.29) is 12.4 Å². The highest BCUT2D eigenvalue weighted by atomic mass is 16.3. The zero-order valence-corrected chi connectivity index (χ0v) is 3.39. The zero-order valence-electron chi connectivity index (χ0n) is 3.39. The van der Waals surface area contributed by atoms with Gasteiger partial charge in [-0.05, 0) is 6.08 Å². The van der Waals surface area contributed by atoms with E-state index in [2.05, 4.69) is 6.92 Å². The Bertz CT molecular complexity index is 52.6. The smallest absolute Gasteiger partial charge is 0.0910 e. The predicted molar refractivity (Wildman–Crippen MR) is 23.2 cm³/mol. The Kier molecular flexibility index (Phi) is 2.50. The van der Waals surface area contributed by atoms with Crippen LogP contribution in [-0.4, -0.2) is 16.8 Å². The monoisotopic (exact) mass is 87.0 g/mol. The first kappa shape index (κ1) is 5.50. The van der Waals surface area contributed by atoms with Gasteiger partial charge in [0.05, 0.1) is 12.4 Å². The molecule has 2 nitrogen and oxygen atoms in total. The van der Waals surface area contributed by atoms with Crippen LogP contribution in [0.1, 0.15) is 0 Å². The molecule has 0 aliphatic rings. The first-order valence-corrected chi connectivity index (χ1v) is 1.59. The highest BCUT2D eigenvalue weighted by Crippen LogP contribution is 1.77. The molecule has 2 heteroatoms. The molecule has 0 saturated carbocycles. The molecule has 0 saturated heterocycles. The van der Waals surface area contributed by atoms with Crippen molar-refractivity contribution in [3.8, 4) is 0 Å². The lowest BCUT2D eigenvalue weighted by atomic mass is 10.5. The van der Waals surface area contributed by atoms with Gasteiger partial charge in [-0.25, -0.2) is 0 Å². The van der Waals surface area contributed by atoms with Gasteiger partial charge in [0, 0.05) is 6.92 Å². The SMILES string of the molecule is [CH2]C(O)=CCO. The van der Waals surface area contributed by atoms with Crippen LogP contribution in [0.15, 0.2) is 11.8 Å². The summed E-state index contributed by atoms with van der Waals surface area (Å²) >= 11 is 0. The first-order valence-electron chi connectivity index (χ1n) is 1.59. The summed E-state index contributed by atoms with van der Waals surface area (Å²) in [4.78, 5) is 0. The summed E-state index contributed by atoms with van der Waals surface area (Å²) in [6.45, 7) is 2.94. The molecule has 2 N–H and O–H groups in total. The third-order valence-corrected chi connectivity index (χ3v) is 0.327. The molecule has 0 atom stereocenters. The Morgan fingerprint density at radius 2 is 2.33 bits per heavy atom. The van der Waals surface area contributed by atoms with Crippen molar-refractivity contribution in [2.24, 2.45) is 0 Å². The lowest BCUT2D eigenvalue weighted by molar-refractivity contribution is 0.332. The molecule has 6 heavy (non-hydrogen) atoms. The Morgan fingerprint density at radius 3 is 2.33 bits per heavy atom. The summed E-state index contributed by atoms with van der Waals surface area (Å²) in [7, 11) is 0. The maximum Gasteiger partial charge on any atom is 0.0910 e. The largest absolute Gasteiger partial charge is 0.513 e. The fourth-order valence-corrected chi connectivity index (χ4v) is 0.105. The Morgan fingerprint density at radius 1 is 1.83 bits per heavy atom. The molecule has 0 aliphatic carbocycles. The van der Waals surface area contributed by atoms with Gasteiger partial charge in [-0.15, -0.1) is 0 Å². The second-order valence-electron chi connectivity index (χ2n) is 0.878. The van der Waals surface area contributed by atoms with Gasteiger partial charge in [0.25, 0.3) is 0 Å². The van der Waals surface area contributed by atoms with Gasteiger partial charge in [-0.2, -0.15) is 0 Å². The lowest BCUT2D eigenvalue weighted by Gasteiger charge is -1.79. The average Bonchev–Trinajstić information content (AvgIpc) is 1.35. The summed E-state index contributed by atoms with van der Waals surface area (Å²) in [6, 6.07) is 0. The first-order chi connectivity index (χ1) is 2.77. The minimum Gasteiger partial charge on any atom is -0.513 e. The van der Waals surface area contributed by atoms with Crippen LogP contribution in [0, 0.1) is 6.92 Å². The number of aliphatic hydroxyl groups excluding tert-OH is 2.